The van der Waals surface area contributed by atoms with E-state index >= 15 is 0 Å². The van der Waals surface area contributed by atoms with Crippen molar-refractivity contribution in [2.24, 2.45) is 0 Å². The van der Waals surface area contributed by atoms with Crippen molar-refractivity contribution in [3.63, 3.8) is 0 Å². The van der Waals surface area contributed by atoms with Crippen LogP contribution in [0.1, 0.15) is 24.2 Å². The molecule has 0 unspecified atom stereocenters. The molecule has 3 N–H and O–H groups in total. The molecule has 134 valence electrons. The second kappa shape index (κ2) is 6.60. The van der Waals surface area contributed by atoms with Crippen molar-refractivity contribution >= 4 is 33.0 Å². The maximum absolute atomic E-state index is 12.2. The zero-order valence-corrected chi connectivity index (χ0v) is 14.7. The average Bonchev–Trinajstić information content (AvgIpc) is 3.03. The van der Waals surface area contributed by atoms with E-state index in [9.17, 15) is 23.1 Å². The molecule has 2 aromatic rings. The Bertz CT molecular complexity index is 901. The Morgan fingerprint density at radius 3 is 2.36 bits per heavy atom. The largest absolute Gasteiger partial charge is 0.506 e. The van der Waals surface area contributed by atoms with Gasteiger partial charge in [-0.15, -0.1) is 0 Å². The van der Waals surface area contributed by atoms with Crippen LogP contribution in [0.5, 0.6) is 5.75 Å². The molecule has 0 aliphatic rings. The molecule has 0 aliphatic heterocycles. The van der Waals surface area contributed by atoms with Gasteiger partial charge in [0.15, 0.2) is 9.84 Å². The fourth-order valence-corrected chi connectivity index (χ4v) is 2.14. The van der Waals surface area contributed by atoms with Crippen molar-refractivity contribution in [3.05, 3.63) is 42.4 Å². The molecule has 0 saturated heterocycles. The van der Waals surface area contributed by atoms with E-state index in [0.717, 1.165) is 6.26 Å². The third-order valence-corrected chi connectivity index (χ3v) is 5.80. The highest BCUT2D eigenvalue weighted by atomic mass is 32.2. The highest BCUT2D eigenvalue weighted by molar-refractivity contribution is 7.92. The second-order valence-corrected chi connectivity index (χ2v) is 8.50. The number of furan rings is 1. The van der Waals surface area contributed by atoms with Crippen molar-refractivity contribution in [2.45, 2.75) is 18.6 Å². The Morgan fingerprint density at radius 1 is 1.16 bits per heavy atom. The van der Waals surface area contributed by atoms with Crippen LogP contribution in [0.3, 0.4) is 0 Å². The lowest BCUT2D eigenvalue weighted by molar-refractivity contribution is -0.117. The Kier molecular flexibility index (Phi) is 4.89. The quantitative estimate of drug-likeness (QED) is 0.695. The number of nitrogens with one attached hydrogen (secondary N) is 2. The minimum Gasteiger partial charge on any atom is -0.506 e. The number of carbonyl (C=O) groups is 2. The number of benzene rings is 1. The van der Waals surface area contributed by atoms with E-state index in [1.165, 1.54) is 50.6 Å². The third kappa shape index (κ3) is 4.00. The molecule has 1 aromatic heterocycles. The van der Waals surface area contributed by atoms with Gasteiger partial charge in [0.05, 0.1) is 17.5 Å². The smallest absolute Gasteiger partial charge is 0.259 e. The molecule has 0 spiro atoms. The minimum atomic E-state index is -3.62. The molecule has 0 aliphatic carbocycles. The number of sulfone groups is 1. The van der Waals surface area contributed by atoms with Crippen LogP contribution in [0.4, 0.5) is 11.4 Å². The van der Waals surface area contributed by atoms with Gasteiger partial charge in [0.2, 0.25) is 5.91 Å². The van der Waals surface area contributed by atoms with Gasteiger partial charge in [0.1, 0.15) is 16.8 Å². The molecule has 1 heterocycles. The summed E-state index contributed by atoms with van der Waals surface area (Å²) in [5.74, 6) is -1.49. The first-order chi connectivity index (χ1) is 11.5. The van der Waals surface area contributed by atoms with E-state index in [1.807, 2.05) is 0 Å². The van der Waals surface area contributed by atoms with Crippen molar-refractivity contribution in [1.82, 2.24) is 0 Å². The number of hydrogen-bond acceptors (Lipinski definition) is 6. The van der Waals surface area contributed by atoms with E-state index in [4.69, 9.17) is 4.42 Å². The molecule has 0 fully saturated rings. The fraction of sp³-hybridized carbons (Fsp3) is 0.250. The highest BCUT2D eigenvalue weighted by Crippen LogP contribution is 2.28. The lowest BCUT2D eigenvalue weighted by Gasteiger charge is -2.21. The fourth-order valence-electron chi connectivity index (χ4n) is 1.75. The number of phenolic OH excluding ortho intramolecular Hbond substituents is 1. The van der Waals surface area contributed by atoms with Gasteiger partial charge in [-0.1, -0.05) is 0 Å². The first kappa shape index (κ1) is 18.5. The van der Waals surface area contributed by atoms with Crippen LogP contribution in [-0.2, 0) is 14.6 Å². The predicted molar refractivity (Wildman–Crippen MR) is 92.3 cm³/mol. The van der Waals surface area contributed by atoms with E-state index in [1.54, 1.807) is 0 Å². The van der Waals surface area contributed by atoms with Crippen LogP contribution in [0.25, 0.3) is 0 Å². The number of anilines is 2. The number of aromatic hydroxyl groups is 1. The van der Waals surface area contributed by atoms with Crippen molar-refractivity contribution in [1.29, 1.82) is 0 Å². The van der Waals surface area contributed by atoms with Gasteiger partial charge in [-0.05, 0) is 32.0 Å². The second-order valence-electron chi connectivity index (χ2n) is 5.93. The number of amides is 2. The van der Waals surface area contributed by atoms with Crippen LogP contribution >= 0.6 is 0 Å². The van der Waals surface area contributed by atoms with Crippen molar-refractivity contribution in [2.75, 3.05) is 16.9 Å². The van der Waals surface area contributed by atoms with Gasteiger partial charge >= 0.3 is 0 Å². The molecule has 0 saturated carbocycles. The van der Waals surface area contributed by atoms with Crippen molar-refractivity contribution in [3.8, 4) is 5.75 Å². The normalized spacial score (nSPS) is 11.8. The summed E-state index contributed by atoms with van der Waals surface area (Å²) in [6, 6.07) is 5.49. The average molecular weight is 366 g/mol. The molecule has 0 radical (unpaired) electrons. The standard InChI is InChI=1S/C16H18N2O6S/c1-16(2,25(3,22)23)15(21)17-11-4-5-12(13(19)8-11)18-14(20)10-6-7-24-9-10/h4-9,19H,1-3H3,(H,17,21)(H,18,20). The number of hydrogen-bond donors (Lipinski definition) is 3. The maximum atomic E-state index is 12.2. The summed E-state index contributed by atoms with van der Waals surface area (Å²) >= 11 is 0. The molecule has 2 rings (SSSR count). The molecule has 2 amide bonds. The van der Waals surface area contributed by atoms with Gasteiger partial charge in [0.25, 0.3) is 5.91 Å². The Morgan fingerprint density at radius 2 is 1.84 bits per heavy atom. The monoisotopic (exact) mass is 366 g/mol. The topological polar surface area (TPSA) is 126 Å². The zero-order valence-electron chi connectivity index (χ0n) is 13.9. The van der Waals surface area contributed by atoms with Crippen molar-refractivity contribution < 1.29 is 27.5 Å². The Labute approximate surface area is 144 Å². The Hall–Kier alpha value is -2.81. The first-order valence-electron chi connectivity index (χ1n) is 7.20. The summed E-state index contributed by atoms with van der Waals surface area (Å²) < 4.78 is 26.5. The lowest BCUT2D eigenvalue weighted by Crippen LogP contribution is -2.43. The summed E-state index contributed by atoms with van der Waals surface area (Å²) in [5, 5.41) is 14.9. The van der Waals surface area contributed by atoms with Gasteiger partial charge in [0, 0.05) is 18.0 Å². The molecule has 8 nitrogen and oxygen atoms in total. The maximum Gasteiger partial charge on any atom is 0.259 e. The first-order valence-corrected chi connectivity index (χ1v) is 9.09. The molecule has 1 aromatic carbocycles. The molecular weight excluding hydrogens is 348 g/mol. The molecule has 25 heavy (non-hydrogen) atoms. The summed E-state index contributed by atoms with van der Waals surface area (Å²) in [6.45, 7) is 2.58. The van der Waals surface area contributed by atoms with E-state index in [2.05, 4.69) is 10.6 Å². The minimum absolute atomic E-state index is 0.131. The van der Waals surface area contributed by atoms with Crippen LogP contribution in [0.15, 0.2) is 41.2 Å². The summed E-state index contributed by atoms with van der Waals surface area (Å²) in [5.41, 5.74) is 0.610. The van der Waals surface area contributed by atoms with Gasteiger partial charge in [-0.25, -0.2) is 8.42 Å². The number of phenols is 1. The van der Waals surface area contributed by atoms with E-state index in [-0.39, 0.29) is 22.7 Å². The van der Waals surface area contributed by atoms with Gasteiger partial charge in [-0.2, -0.15) is 0 Å². The van der Waals surface area contributed by atoms with Gasteiger partial charge in [-0.3, -0.25) is 9.59 Å². The van der Waals surface area contributed by atoms with Crippen LogP contribution < -0.4 is 10.6 Å². The molecule has 0 atom stereocenters. The van der Waals surface area contributed by atoms with E-state index in [0.29, 0.717) is 0 Å². The molecule has 0 bridgehead atoms. The SMILES string of the molecule is CC(C)(C(=O)Nc1ccc(NC(=O)c2ccoc2)c(O)c1)S(C)(=O)=O. The lowest BCUT2D eigenvalue weighted by atomic mass is 10.1. The molecule has 9 heteroatoms. The highest BCUT2D eigenvalue weighted by Gasteiger charge is 2.38. The van der Waals surface area contributed by atoms with Gasteiger partial charge < -0.3 is 20.2 Å². The third-order valence-electron chi connectivity index (χ3n) is 3.76. The van der Waals surface area contributed by atoms with Crippen LogP contribution in [-0.4, -0.2) is 36.3 Å². The van der Waals surface area contributed by atoms with Crippen LogP contribution in [0, 0.1) is 0 Å². The molecular formula is C16H18N2O6S. The van der Waals surface area contributed by atoms with E-state index < -0.39 is 26.4 Å². The summed E-state index contributed by atoms with van der Waals surface area (Å²) in [4.78, 5) is 24.1. The predicted octanol–water partition coefficient (Wildman–Crippen LogP) is 2.00. The zero-order chi connectivity index (χ0) is 18.8. The van der Waals surface area contributed by atoms with Crippen LogP contribution in [0.2, 0.25) is 0 Å². The Balaban J connectivity index is 2.14. The number of carbonyl (C=O) groups excluding carboxylic acids is 2. The summed E-state index contributed by atoms with van der Waals surface area (Å²) in [6.07, 6.45) is 3.57. The number of rotatable bonds is 5. The summed E-state index contributed by atoms with van der Waals surface area (Å²) in [7, 11) is -3.62.